The van der Waals surface area contributed by atoms with E-state index in [4.69, 9.17) is 13.9 Å². The summed E-state index contributed by atoms with van der Waals surface area (Å²) in [6.45, 7) is 4.44. The highest BCUT2D eigenvalue weighted by molar-refractivity contribution is 5.91. The van der Waals surface area contributed by atoms with Crippen LogP contribution in [-0.4, -0.2) is 41.7 Å². The van der Waals surface area contributed by atoms with Gasteiger partial charge in [0.15, 0.2) is 6.39 Å². The number of carbonyl (C=O) groups excluding carboxylic acids is 1. The second-order valence-corrected chi connectivity index (χ2v) is 8.71. The lowest BCUT2D eigenvalue weighted by molar-refractivity contribution is 0.0912. The molecule has 1 amide bonds. The molecule has 1 unspecified atom stereocenters. The monoisotopic (exact) mass is 448 g/mol. The third kappa shape index (κ3) is 5.45. The normalized spacial score (nSPS) is 18.7. The fraction of sp³-hybridized carbons (Fsp3) is 0.400. The minimum absolute atomic E-state index is 0.114. The lowest BCUT2D eigenvalue weighted by Gasteiger charge is -2.20. The Balaban J connectivity index is 1.13. The molecule has 3 heterocycles. The first-order chi connectivity index (χ1) is 16.1. The molecule has 0 bridgehead atoms. The fourth-order valence-electron chi connectivity index (χ4n) is 3.93. The molecular formula is C25H28N4O4. The van der Waals surface area contributed by atoms with Gasteiger partial charge in [-0.2, -0.15) is 0 Å². The van der Waals surface area contributed by atoms with Gasteiger partial charge in [0.05, 0.1) is 25.4 Å². The summed E-state index contributed by atoms with van der Waals surface area (Å²) in [4.78, 5) is 22.6. The molecule has 2 atom stereocenters. The van der Waals surface area contributed by atoms with Gasteiger partial charge in [-0.25, -0.2) is 9.97 Å². The Kier molecular flexibility index (Phi) is 6.15. The molecule has 1 aliphatic carbocycles. The Labute approximate surface area is 192 Å². The van der Waals surface area contributed by atoms with Crippen molar-refractivity contribution in [2.75, 3.05) is 24.6 Å². The predicted octanol–water partition coefficient (Wildman–Crippen LogP) is 4.01. The van der Waals surface area contributed by atoms with Crippen LogP contribution < -0.4 is 19.7 Å². The van der Waals surface area contributed by atoms with Gasteiger partial charge in [0, 0.05) is 30.9 Å². The third-order valence-electron chi connectivity index (χ3n) is 6.08. The van der Waals surface area contributed by atoms with E-state index in [0.29, 0.717) is 11.8 Å². The fourth-order valence-corrected chi connectivity index (χ4v) is 3.93. The molecule has 3 aromatic rings. The molecule has 1 aromatic carbocycles. The van der Waals surface area contributed by atoms with Crippen LogP contribution >= 0.6 is 0 Å². The van der Waals surface area contributed by atoms with Gasteiger partial charge in [-0.1, -0.05) is 12.1 Å². The van der Waals surface area contributed by atoms with E-state index < -0.39 is 0 Å². The maximum atomic E-state index is 12.1. The Morgan fingerprint density at radius 2 is 2.09 bits per heavy atom. The van der Waals surface area contributed by atoms with Gasteiger partial charge >= 0.3 is 0 Å². The standard InChI is InChI=1S/C25H28N4O4/c1-17(28-25(30)23-13-26-16-32-23)19-4-6-21(7-5-19)33-22-9-11-29(14-22)20-8-10-27-24(12-20)31-15-18-2-3-18/h4-8,10,12-13,16-18,22H,2-3,9,11,14-15H2,1H3,(H,28,30)/t17-,22?/m0/s1. The molecule has 8 nitrogen and oxygen atoms in total. The lowest BCUT2D eigenvalue weighted by atomic mass is 10.1. The maximum absolute atomic E-state index is 12.1. The number of anilines is 1. The molecule has 1 aliphatic heterocycles. The quantitative estimate of drug-likeness (QED) is 0.529. The number of benzene rings is 1. The van der Waals surface area contributed by atoms with Crippen LogP contribution in [0.2, 0.25) is 0 Å². The largest absolute Gasteiger partial charge is 0.489 e. The van der Waals surface area contributed by atoms with E-state index in [1.54, 1.807) is 0 Å². The summed E-state index contributed by atoms with van der Waals surface area (Å²) in [7, 11) is 0. The van der Waals surface area contributed by atoms with Gasteiger partial charge in [0.25, 0.3) is 5.91 Å². The average Bonchev–Trinajstić information content (AvgIpc) is 3.29. The number of hydrogen-bond acceptors (Lipinski definition) is 7. The smallest absolute Gasteiger partial charge is 0.289 e. The Bertz CT molecular complexity index is 1070. The number of ether oxygens (including phenoxy) is 2. The first kappa shape index (κ1) is 21.3. The number of carbonyl (C=O) groups is 1. The van der Waals surface area contributed by atoms with Gasteiger partial charge in [-0.15, -0.1) is 0 Å². The van der Waals surface area contributed by atoms with Crippen LogP contribution in [0.5, 0.6) is 11.6 Å². The highest BCUT2D eigenvalue weighted by atomic mass is 16.5. The van der Waals surface area contributed by atoms with Crippen molar-refractivity contribution < 1.29 is 18.7 Å². The molecule has 5 rings (SSSR count). The summed E-state index contributed by atoms with van der Waals surface area (Å²) >= 11 is 0. The molecule has 2 fully saturated rings. The van der Waals surface area contributed by atoms with Gasteiger partial charge in [-0.3, -0.25) is 4.79 Å². The molecule has 1 saturated carbocycles. The minimum atomic E-state index is -0.288. The summed E-state index contributed by atoms with van der Waals surface area (Å²) in [6, 6.07) is 11.7. The predicted molar refractivity (Wildman–Crippen MR) is 123 cm³/mol. The second-order valence-electron chi connectivity index (χ2n) is 8.71. The van der Waals surface area contributed by atoms with E-state index in [1.165, 1.54) is 25.4 Å². The van der Waals surface area contributed by atoms with Gasteiger partial charge in [0.1, 0.15) is 11.9 Å². The highest BCUT2D eigenvalue weighted by Gasteiger charge is 2.26. The average molecular weight is 449 g/mol. The topological polar surface area (TPSA) is 89.7 Å². The number of pyridine rings is 1. The first-order valence-electron chi connectivity index (χ1n) is 11.4. The van der Waals surface area contributed by atoms with Crippen LogP contribution in [0.4, 0.5) is 5.69 Å². The molecule has 1 saturated heterocycles. The molecule has 172 valence electrons. The highest BCUT2D eigenvalue weighted by Crippen LogP contribution is 2.30. The number of nitrogens with zero attached hydrogens (tertiary/aromatic N) is 3. The summed E-state index contributed by atoms with van der Waals surface area (Å²) in [5.74, 6) is 2.14. The van der Waals surface area contributed by atoms with E-state index in [1.807, 2.05) is 49.5 Å². The Hall–Kier alpha value is -3.55. The van der Waals surface area contributed by atoms with Crippen molar-refractivity contribution in [1.82, 2.24) is 15.3 Å². The second kappa shape index (κ2) is 9.52. The van der Waals surface area contributed by atoms with E-state index in [9.17, 15) is 4.79 Å². The van der Waals surface area contributed by atoms with Crippen molar-refractivity contribution in [2.45, 2.75) is 38.3 Å². The van der Waals surface area contributed by atoms with Gasteiger partial charge in [-0.05, 0) is 49.4 Å². The zero-order valence-electron chi connectivity index (χ0n) is 18.6. The molecule has 2 aromatic heterocycles. The zero-order valence-corrected chi connectivity index (χ0v) is 18.6. The van der Waals surface area contributed by atoms with E-state index in [0.717, 1.165) is 43.1 Å². The number of rotatable bonds is 9. The van der Waals surface area contributed by atoms with Gasteiger partial charge in [0.2, 0.25) is 11.6 Å². The summed E-state index contributed by atoms with van der Waals surface area (Å²) in [6.07, 6.45) is 8.05. The molecule has 2 aliphatic rings. The summed E-state index contributed by atoms with van der Waals surface area (Å²) in [5.41, 5.74) is 2.10. The first-order valence-corrected chi connectivity index (χ1v) is 11.4. The Morgan fingerprint density at radius 1 is 1.24 bits per heavy atom. The molecule has 0 radical (unpaired) electrons. The van der Waals surface area contributed by atoms with Gasteiger partial charge < -0.3 is 24.1 Å². The van der Waals surface area contributed by atoms with Crippen LogP contribution in [0, 0.1) is 5.92 Å². The van der Waals surface area contributed by atoms with E-state index in [-0.39, 0.29) is 23.8 Å². The van der Waals surface area contributed by atoms with E-state index >= 15 is 0 Å². The van der Waals surface area contributed by atoms with Crippen molar-refractivity contribution in [1.29, 1.82) is 0 Å². The number of amides is 1. The number of nitrogens with one attached hydrogen (secondary N) is 1. The SMILES string of the molecule is C[C@H](NC(=O)c1cnco1)c1ccc(OC2CCN(c3ccnc(OCC4CC4)c3)C2)cc1. The zero-order chi connectivity index (χ0) is 22.6. The van der Waals surface area contributed by atoms with E-state index in [2.05, 4.69) is 20.2 Å². The molecular weight excluding hydrogens is 420 g/mol. The van der Waals surface area contributed by atoms with Crippen molar-refractivity contribution in [3.8, 4) is 11.6 Å². The number of oxazole rings is 1. The molecule has 1 N–H and O–H groups in total. The van der Waals surface area contributed by atoms with Crippen molar-refractivity contribution in [2.24, 2.45) is 5.92 Å². The van der Waals surface area contributed by atoms with Crippen molar-refractivity contribution in [3.63, 3.8) is 0 Å². The minimum Gasteiger partial charge on any atom is -0.489 e. The van der Waals surface area contributed by atoms with Crippen LogP contribution in [0.15, 0.2) is 59.6 Å². The molecule has 33 heavy (non-hydrogen) atoms. The third-order valence-corrected chi connectivity index (χ3v) is 6.08. The maximum Gasteiger partial charge on any atom is 0.289 e. The molecule has 8 heteroatoms. The lowest BCUT2D eigenvalue weighted by Crippen LogP contribution is -2.26. The summed E-state index contributed by atoms with van der Waals surface area (Å²) < 4.78 is 17.1. The van der Waals surface area contributed by atoms with Crippen LogP contribution in [-0.2, 0) is 0 Å². The van der Waals surface area contributed by atoms with Crippen LogP contribution in [0.3, 0.4) is 0 Å². The number of hydrogen-bond donors (Lipinski definition) is 1. The number of aromatic nitrogens is 2. The van der Waals surface area contributed by atoms with Crippen molar-refractivity contribution >= 4 is 11.6 Å². The summed E-state index contributed by atoms with van der Waals surface area (Å²) in [5, 5.41) is 2.90. The Morgan fingerprint density at radius 3 is 2.85 bits per heavy atom. The van der Waals surface area contributed by atoms with Crippen LogP contribution in [0.25, 0.3) is 0 Å². The molecule has 0 spiro atoms. The van der Waals surface area contributed by atoms with Crippen LogP contribution in [0.1, 0.15) is 48.3 Å². The van der Waals surface area contributed by atoms with Crippen molar-refractivity contribution in [3.05, 3.63) is 66.5 Å².